The summed E-state index contributed by atoms with van der Waals surface area (Å²) >= 11 is 0. The van der Waals surface area contributed by atoms with Gasteiger partial charge in [0, 0.05) is 18.9 Å². The van der Waals surface area contributed by atoms with E-state index in [9.17, 15) is 27.6 Å². The minimum Gasteiger partial charge on any atom is -0.444 e. The molecular formula is C40H50N4O8S. The predicted molar refractivity (Wildman–Crippen MR) is 202 cm³/mol. The lowest BCUT2D eigenvalue weighted by molar-refractivity contribution is -0.143. The number of carbonyl (C=O) groups is 4. The van der Waals surface area contributed by atoms with Crippen LogP contribution in [0.5, 0.6) is 0 Å². The molecule has 0 spiro atoms. The van der Waals surface area contributed by atoms with Crippen molar-refractivity contribution < 1.29 is 37.1 Å². The molecule has 3 aliphatic rings. The van der Waals surface area contributed by atoms with Crippen molar-refractivity contribution in [1.29, 1.82) is 0 Å². The standard InChI is InChI=1S/C40H50N4O8S/c1-8-26-21-40(26,36(47)43-53(49,50)28-17-18-28)42-34(45)32-20-27(22-44(32)35(46)33(38(2,3)4)41-37(48)52-39(5,6)7)51-23-31-29-15-11-9-13-24(29)19-25-14-10-12-16-30(25)31/h8-16,19,26-28,32-33H,1,17-18,20-23H2,2-7H3,(H,41,48)(H,42,45)(H,43,47)/t26-,27-,32+,33-,40+/m1/s1. The topological polar surface area (TPSA) is 160 Å². The Morgan fingerprint density at radius 3 is 2.11 bits per heavy atom. The van der Waals surface area contributed by atoms with Crippen LogP contribution in [0.4, 0.5) is 4.79 Å². The number of amides is 4. The van der Waals surface area contributed by atoms with Crippen LogP contribution in [0.15, 0.2) is 67.3 Å². The molecule has 2 aliphatic carbocycles. The second kappa shape index (κ2) is 14.1. The van der Waals surface area contributed by atoms with Crippen LogP contribution < -0.4 is 15.4 Å². The summed E-state index contributed by atoms with van der Waals surface area (Å²) in [5.41, 5.74) is -2.17. The molecule has 0 unspecified atom stereocenters. The first-order valence-corrected chi connectivity index (χ1v) is 19.7. The number of nitrogens with one attached hydrogen (secondary N) is 3. The molecule has 13 heteroatoms. The Balaban J connectivity index is 1.29. The summed E-state index contributed by atoms with van der Waals surface area (Å²) in [7, 11) is -3.89. The van der Waals surface area contributed by atoms with Crippen molar-refractivity contribution in [1.82, 2.24) is 20.3 Å². The number of ether oxygens (including phenoxy) is 2. The highest BCUT2D eigenvalue weighted by molar-refractivity contribution is 7.91. The van der Waals surface area contributed by atoms with Crippen LogP contribution in [0.25, 0.3) is 21.5 Å². The number of rotatable bonds is 11. The summed E-state index contributed by atoms with van der Waals surface area (Å²) < 4.78 is 39.6. The quantitative estimate of drug-likeness (QED) is 0.181. The van der Waals surface area contributed by atoms with E-state index in [-0.39, 0.29) is 26.0 Å². The second-order valence-electron chi connectivity index (χ2n) is 16.6. The lowest BCUT2D eigenvalue weighted by Gasteiger charge is -2.36. The minimum atomic E-state index is -3.89. The van der Waals surface area contributed by atoms with Crippen molar-refractivity contribution in [2.24, 2.45) is 11.3 Å². The van der Waals surface area contributed by atoms with Gasteiger partial charge in [-0.05, 0) is 78.6 Å². The summed E-state index contributed by atoms with van der Waals surface area (Å²) in [6, 6.07) is 16.0. The zero-order chi connectivity index (χ0) is 38.5. The molecule has 3 fully saturated rings. The van der Waals surface area contributed by atoms with Gasteiger partial charge in [-0.15, -0.1) is 6.58 Å². The van der Waals surface area contributed by atoms with Gasteiger partial charge in [-0.2, -0.15) is 0 Å². The first kappa shape index (κ1) is 38.2. The highest BCUT2D eigenvalue weighted by Gasteiger charge is 2.62. The molecule has 1 heterocycles. The zero-order valence-electron chi connectivity index (χ0n) is 31.2. The Morgan fingerprint density at radius 1 is 0.981 bits per heavy atom. The number of likely N-dealkylation sites (tertiary alicyclic amines) is 1. The molecule has 2 saturated carbocycles. The number of benzene rings is 3. The SMILES string of the molecule is C=C[C@@H]1C[C@@]1(NC(=O)[C@@H]1C[C@@H](OCc2c3ccccc3cc3ccccc23)CN1C(=O)[C@@H](NC(=O)OC(C)(C)C)C(C)(C)C)C(=O)NS(=O)(=O)C1CC1. The van der Waals surface area contributed by atoms with Gasteiger partial charge in [-0.3, -0.25) is 19.1 Å². The van der Waals surface area contributed by atoms with E-state index < -0.39 is 79.7 Å². The molecular weight excluding hydrogens is 697 g/mol. The Labute approximate surface area is 311 Å². The normalized spacial score (nSPS) is 23.7. The van der Waals surface area contributed by atoms with Crippen LogP contribution in [0.1, 0.15) is 72.8 Å². The second-order valence-corrected chi connectivity index (χ2v) is 18.6. The van der Waals surface area contributed by atoms with Crippen LogP contribution in [0, 0.1) is 11.3 Å². The number of sulfonamides is 1. The van der Waals surface area contributed by atoms with E-state index in [0.717, 1.165) is 27.1 Å². The molecule has 284 valence electrons. The number of nitrogens with zero attached hydrogens (tertiary/aromatic N) is 1. The highest BCUT2D eigenvalue weighted by atomic mass is 32.2. The van der Waals surface area contributed by atoms with Crippen LogP contribution in [-0.2, 0) is 40.5 Å². The maximum absolute atomic E-state index is 14.5. The minimum absolute atomic E-state index is 0.0301. The average molecular weight is 747 g/mol. The first-order valence-electron chi connectivity index (χ1n) is 18.1. The Hall–Kier alpha value is -4.49. The highest BCUT2D eigenvalue weighted by Crippen LogP contribution is 2.45. The predicted octanol–water partition coefficient (Wildman–Crippen LogP) is 5.09. The van der Waals surface area contributed by atoms with Crippen molar-refractivity contribution >= 4 is 55.4 Å². The van der Waals surface area contributed by atoms with E-state index in [2.05, 4.69) is 28.0 Å². The maximum Gasteiger partial charge on any atom is 0.408 e. The van der Waals surface area contributed by atoms with Gasteiger partial charge < -0.3 is 25.0 Å². The molecule has 1 aliphatic heterocycles. The largest absolute Gasteiger partial charge is 0.444 e. The fourth-order valence-electron chi connectivity index (χ4n) is 7.13. The first-order chi connectivity index (χ1) is 24.8. The van der Waals surface area contributed by atoms with Crippen molar-refractivity contribution in [2.45, 2.75) is 108 Å². The molecule has 0 aromatic heterocycles. The summed E-state index contributed by atoms with van der Waals surface area (Å²) in [4.78, 5) is 56.7. The fourth-order valence-corrected chi connectivity index (χ4v) is 8.50. The third-order valence-electron chi connectivity index (χ3n) is 10.2. The molecule has 5 atom stereocenters. The van der Waals surface area contributed by atoms with E-state index in [0.29, 0.717) is 12.8 Å². The molecule has 12 nitrogen and oxygen atoms in total. The smallest absolute Gasteiger partial charge is 0.408 e. The number of hydrogen-bond donors (Lipinski definition) is 3. The number of carbonyl (C=O) groups excluding carboxylic acids is 4. The van der Waals surface area contributed by atoms with Crippen molar-refractivity contribution in [3.8, 4) is 0 Å². The van der Waals surface area contributed by atoms with E-state index in [1.54, 1.807) is 41.5 Å². The fraction of sp³-hybridized carbons (Fsp3) is 0.500. The Kier molecular flexibility index (Phi) is 10.1. The van der Waals surface area contributed by atoms with Crippen LogP contribution in [0.2, 0.25) is 0 Å². The number of alkyl carbamates (subject to hydrolysis) is 1. The summed E-state index contributed by atoms with van der Waals surface area (Å²) in [6.45, 7) is 14.6. The van der Waals surface area contributed by atoms with Gasteiger partial charge in [-0.1, -0.05) is 75.4 Å². The summed E-state index contributed by atoms with van der Waals surface area (Å²) in [5, 5.41) is 9.08. The van der Waals surface area contributed by atoms with Crippen molar-refractivity contribution in [3.63, 3.8) is 0 Å². The van der Waals surface area contributed by atoms with Crippen LogP contribution >= 0.6 is 0 Å². The van der Waals surface area contributed by atoms with Gasteiger partial charge in [-0.25, -0.2) is 13.2 Å². The van der Waals surface area contributed by atoms with Crippen LogP contribution in [-0.4, -0.2) is 78.3 Å². The van der Waals surface area contributed by atoms with E-state index in [4.69, 9.17) is 9.47 Å². The van der Waals surface area contributed by atoms with E-state index in [1.165, 1.54) is 11.0 Å². The van der Waals surface area contributed by atoms with E-state index >= 15 is 0 Å². The third-order valence-corrected chi connectivity index (χ3v) is 12.0. The molecule has 3 aromatic carbocycles. The summed E-state index contributed by atoms with van der Waals surface area (Å²) in [5.74, 6) is -2.48. The Bertz CT molecular complexity index is 2010. The van der Waals surface area contributed by atoms with Crippen LogP contribution in [0.3, 0.4) is 0 Å². The molecule has 53 heavy (non-hydrogen) atoms. The lowest BCUT2D eigenvalue weighted by Crippen LogP contribution is -2.60. The number of fused-ring (bicyclic) bond motifs is 2. The maximum atomic E-state index is 14.5. The molecule has 4 amide bonds. The van der Waals surface area contributed by atoms with Gasteiger partial charge in [0.15, 0.2) is 0 Å². The Morgan fingerprint density at radius 2 is 1.58 bits per heavy atom. The third kappa shape index (κ3) is 8.21. The average Bonchev–Trinajstić information content (AvgIpc) is 4.00. The van der Waals surface area contributed by atoms with Gasteiger partial charge in [0.25, 0.3) is 5.91 Å². The van der Waals surface area contributed by atoms with Gasteiger partial charge in [0.1, 0.15) is 23.2 Å². The molecule has 6 rings (SSSR count). The number of hydrogen-bond acceptors (Lipinski definition) is 8. The molecule has 3 aromatic rings. The van der Waals surface area contributed by atoms with Gasteiger partial charge in [0.05, 0.1) is 18.0 Å². The molecule has 3 N–H and O–H groups in total. The van der Waals surface area contributed by atoms with Crippen molar-refractivity contribution in [3.05, 3.63) is 72.8 Å². The van der Waals surface area contributed by atoms with E-state index in [1.807, 2.05) is 48.5 Å². The zero-order valence-corrected chi connectivity index (χ0v) is 32.0. The molecule has 0 bridgehead atoms. The van der Waals surface area contributed by atoms with Gasteiger partial charge in [0.2, 0.25) is 21.8 Å². The van der Waals surface area contributed by atoms with Crippen molar-refractivity contribution in [2.75, 3.05) is 6.54 Å². The summed E-state index contributed by atoms with van der Waals surface area (Å²) in [6.07, 6.45) is 1.34. The lowest BCUT2D eigenvalue weighted by atomic mass is 9.85. The molecule has 1 saturated heterocycles. The van der Waals surface area contributed by atoms with Gasteiger partial charge >= 0.3 is 6.09 Å². The monoisotopic (exact) mass is 746 g/mol. The molecule has 0 radical (unpaired) electrons.